The molecule has 4 amide bonds. The number of nitrogens with zero attached hydrogens (tertiary/aromatic N) is 2. The maximum Gasteiger partial charge on any atom is 0.515 e. The van der Waals surface area contributed by atoms with Gasteiger partial charge in [-0.15, -0.1) is 0 Å². The number of aliphatic hydroxyl groups excluding tert-OH is 1. The topological polar surface area (TPSA) is 173 Å². The molecule has 40 heavy (non-hydrogen) atoms. The minimum atomic E-state index is -1.63. The van der Waals surface area contributed by atoms with Gasteiger partial charge in [-0.25, -0.2) is 9.18 Å². The fourth-order valence-corrected chi connectivity index (χ4v) is 5.29. The fourth-order valence-electron chi connectivity index (χ4n) is 5.29. The van der Waals surface area contributed by atoms with Gasteiger partial charge in [0.1, 0.15) is 18.5 Å². The van der Waals surface area contributed by atoms with Crippen molar-refractivity contribution in [3.8, 4) is 0 Å². The third kappa shape index (κ3) is 7.00. The first-order valence-corrected chi connectivity index (χ1v) is 13.1. The molecule has 5 atom stereocenters. The Kier molecular flexibility index (Phi) is 10.3. The summed E-state index contributed by atoms with van der Waals surface area (Å²) in [6.07, 6.45) is -5.29. The minimum absolute atomic E-state index is 0.0234. The van der Waals surface area contributed by atoms with E-state index in [2.05, 4.69) is 0 Å². The Labute approximate surface area is 231 Å². The van der Waals surface area contributed by atoms with Gasteiger partial charge in [-0.05, 0) is 43.0 Å². The molecular weight excluding hydrogens is 523 g/mol. The van der Waals surface area contributed by atoms with Gasteiger partial charge in [0, 0.05) is 12.8 Å². The molecule has 1 fully saturated rings. The first-order chi connectivity index (χ1) is 19.0. The number of imide groups is 1. The van der Waals surface area contributed by atoms with Gasteiger partial charge < -0.3 is 26.4 Å². The number of quaternary nitrogens is 1. The van der Waals surface area contributed by atoms with Gasteiger partial charge >= 0.3 is 12.2 Å². The van der Waals surface area contributed by atoms with Crippen LogP contribution < -0.4 is 11.5 Å². The van der Waals surface area contributed by atoms with Gasteiger partial charge in [-0.3, -0.25) is 9.59 Å². The summed E-state index contributed by atoms with van der Waals surface area (Å²) in [7, 11) is 0. The summed E-state index contributed by atoms with van der Waals surface area (Å²) in [6, 6.07) is 12.0. The van der Waals surface area contributed by atoms with Gasteiger partial charge in [-0.2, -0.15) is 14.2 Å². The maximum absolute atomic E-state index is 13.7. The van der Waals surface area contributed by atoms with Gasteiger partial charge in [0.05, 0.1) is 25.0 Å². The number of benzene rings is 2. The molecule has 0 aliphatic carbocycles. The first-order valence-electron chi connectivity index (χ1n) is 13.1. The molecular formula is C28H36FN4O7+. The van der Waals surface area contributed by atoms with Crippen LogP contribution in [0.25, 0.3) is 0 Å². The summed E-state index contributed by atoms with van der Waals surface area (Å²) in [5, 5.41) is 22.0. The highest BCUT2D eigenvalue weighted by Gasteiger charge is 2.60. The predicted molar refractivity (Wildman–Crippen MR) is 142 cm³/mol. The molecule has 0 saturated carbocycles. The number of carboxylic acid groups (broad SMARTS) is 1. The largest absolute Gasteiger partial charge is 0.515 e. The van der Waals surface area contributed by atoms with Crippen LogP contribution in [-0.2, 0) is 27.4 Å². The monoisotopic (exact) mass is 559 g/mol. The second-order valence-corrected chi connectivity index (χ2v) is 10.1. The zero-order valence-corrected chi connectivity index (χ0v) is 22.3. The van der Waals surface area contributed by atoms with Crippen LogP contribution in [0.15, 0.2) is 54.6 Å². The molecule has 6 N–H and O–H groups in total. The van der Waals surface area contributed by atoms with E-state index in [1.807, 2.05) is 0 Å². The Balaban J connectivity index is 2.04. The third-order valence-electron chi connectivity index (χ3n) is 7.39. The Bertz CT molecular complexity index is 1200. The van der Waals surface area contributed by atoms with Crippen molar-refractivity contribution >= 4 is 24.0 Å². The summed E-state index contributed by atoms with van der Waals surface area (Å²) in [5.41, 5.74) is 12.5. The van der Waals surface area contributed by atoms with E-state index in [0.29, 0.717) is 28.9 Å². The molecule has 3 unspecified atom stereocenters. The van der Waals surface area contributed by atoms with Crippen LogP contribution in [-0.4, -0.2) is 74.5 Å². The van der Waals surface area contributed by atoms with Gasteiger partial charge in [-0.1, -0.05) is 42.5 Å². The molecule has 216 valence electrons. The van der Waals surface area contributed by atoms with E-state index in [9.17, 15) is 33.8 Å². The van der Waals surface area contributed by atoms with E-state index >= 15 is 0 Å². The number of hydrogen-bond donors (Lipinski definition) is 4. The summed E-state index contributed by atoms with van der Waals surface area (Å²) >= 11 is 0. The van der Waals surface area contributed by atoms with E-state index < -0.39 is 65.1 Å². The highest BCUT2D eigenvalue weighted by molar-refractivity contribution is 5.97. The SMILES string of the molecule is C[C@@H]1CCC[N+]1(C(=O)O)C(C(O)CCc1ccc(F)cc1)N(C(=O)OCc1ccccc1)C(=O)[C@@H](N)CC(N)=O. The molecule has 2 aromatic rings. The lowest BCUT2D eigenvalue weighted by molar-refractivity contribution is -0.905. The number of halogens is 1. The Morgan fingerprint density at radius 1 is 1.10 bits per heavy atom. The average molecular weight is 560 g/mol. The molecule has 0 aromatic heterocycles. The molecule has 0 radical (unpaired) electrons. The number of rotatable bonds is 11. The molecule has 1 heterocycles. The first kappa shape index (κ1) is 30.7. The standard InChI is InChI=1S/C28H35FN4O7/c1-18-6-5-15-33(18,28(38)39)25(23(34)14-11-19-9-12-21(29)13-10-19)32(26(36)22(30)16-24(31)35)27(37)40-17-20-7-3-2-4-8-20/h2-4,7-10,12-13,18,22-23,25,34H,5-6,11,14-17,30H2,1H3,(H2-,31,35,38,39)/p+1/t18-,22+,23?,25?,33?/m1/s1. The molecule has 2 aromatic carbocycles. The second kappa shape index (κ2) is 13.5. The number of nitrogens with two attached hydrogens (primary N) is 2. The number of aliphatic hydroxyl groups is 1. The molecule has 1 saturated heterocycles. The van der Waals surface area contributed by atoms with E-state index in [1.165, 1.54) is 24.3 Å². The van der Waals surface area contributed by atoms with Crippen molar-refractivity contribution in [2.45, 2.75) is 70.0 Å². The summed E-state index contributed by atoms with van der Waals surface area (Å²) in [6.45, 7) is 1.45. The number of carbonyl (C=O) groups excluding carboxylic acids is 3. The van der Waals surface area contributed by atoms with E-state index in [0.717, 1.165) is 0 Å². The normalized spacial score (nSPS) is 20.8. The maximum atomic E-state index is 13.7. The number of amides is 4. The van der Waals surface area contributed by atoms with E-state index in [-0.39, 0.29) is 26.0 Å². The van der Waals surface area contributed by atoms with Gasteiger partial charge in [0.2, 0.25) is 12.1 Å². The van der Waals surface area contributed by atoms with Crippen LogP contribution in [0, 0.1) is 5.82 Å². The lowest BCUT2D eigenvalue weighted by atomic mass is 10.0. The Hall–Kier alpha value is -3.87. The van der Waals surface area contributed by atoms with Gasteiger partial charge in [0.15, 0.2) is 0 Å². The molecule has 3 rings (SSSR count). The third-order valence-corrected chi connectivity index (χ3v) is 7.39. The molecule has 0 spiro atoms. The Morgan fingerprint density at radius 3 is 2.30 bits per heavy atom. The number of hydrogen-bond acceptors (Lipinski definition) is 7. The average Bonchev–Trinajstić information content (AvgIpc) is 3.31. The highest BCUT2D eigenvalue weighted by atomic mass is 19.1. The number of ether oxygens (including phenoxy) is 1. The van der Waals surface area contributed by atoms with Crippen molar-refractivity contribution in [2.75, 3.05) is 6.54 Å². The Morgan fingerprint density at radius 2 is 1.75 bits per heavy atom. The van der Waals surface area contributed by atoms with Crippen LogP contribution in [0.1, 0.15) is 43.7 Å². The lowest BCUT2D eigenvalue weighted by Crippen LogP contribution is -2.73. The minimum Gasteiger partial charge on any atom is -0.444 e. The molecule has 0 bridgehead atoms. The van der Waals surface area contributed by atoms with Crippen molar-refractivity contribution in [3.05, 3.63) is 71.5 Å². The van der Waals surface area contributed by atoms with Crippen molar-refractivity contribution < 1.29 is 43.0 Å². The fraction of sp³-hybridized carbons (Fsp3) is 0.429. The number of likely N-dealkylation sites (tertiary alicyclic amines) is 1. The van der Waals surface area contributed by atoms with E-state index in [4.69, 9.17) is 16.2 Å². The van der Waals surface area contributed by atoms with E-state index in [1.54, 1.807) is 37.3 Å². The van der Waals surface area contributed by atoms with Crippen LogP contribution in [0.5, 0.6) is 0 Å². The smallest absolute Gasteiger partial charge is 0.444 e. The number of primary amides is 1. The summed E-state index contributed by atoms with van der Waals surface area (Å²) < 4.78 is 18.0. The number of aryl methyl sites for hydroxylation is 1. The van der Waals surface area contributed by atoms with Crippen LogP contribution >= 0.6 is 0 Å². The zero-order valence-electron chi connectivity index (χ0n) is 22.3. The van der Waals surface area contributed by atoms with Crippen LogP contribution in [0.2, 0.25) is 0 Å². The van der Waals surface area contributed by atoms with Crippen molar-refractivity contribution in [3.63, 3.8) is 0 Å². The molecule has 11 nitrogen and oxygen atoms in total. The quantitative estimate of drug-likeness (QED) is 0.304. The van der Waals surface area contributed by atoms with Crippen molar-refractivity contribution in [1.29, 1.82) is 0 Å². The summed E-state index contributed by atoms with van der Waals surface area (Å²) in [4.78, 5) is 52.3. The second-order valence-electron chi connectivity index (χ2n) is 10.1. The molecule has 1 aliphatic rings. The zero-order chi connectivity index (χ0) is 29.4. The van der Waals surface area contributed by atoms with Gasteiger partial charge in [0.25, 0.3) is 5.91 Å². The lowest BCUT2D eigenvalue weighted by Gasteiger charge is -2.45. The van der Waals surface area contributed by atoms with Crippen molar-refractivity contribution in [1.82, 2.24) is 4.90 Å². The van der Waals surface area contributed by atoms with Crippen LogP contribution in [0.3, 0.4) is 0 Å². The number of carbonyl (C=O) groups is 4. The van der Waals surface area contributed by atoms with Crippen LogP contribution in [0.4, 0.5) is 14.0 Å². The van der Waals surface area contributed by atoms with Crippen molar-refractivity contribution in [2.24, 2.45) is 11.5 Å². The highest BCUT2D eigenvalue weighted by Crippen LogP contribution is 2.36. The summed E-state index contributed by atoms with van der Waals surface area (Å²) in [5.74, 6) is -2.44. The molecule has 1 aliphatic heterocycles. The predicted octanol–water partition coefficient (Wildman–Crippen LogP) is 2.49. The molecule has 12 heteroatoms.